The second-order valence-corrected chi connectivity index (χ2v) is 6.01. The number of carbonyl (C=O) groups is 1. The molecule has 0 aromatic heterocycles. The van der Waals surface area contributed by atoms with Crippen LogP contribution in [-0.4, -0.2) is 26.1 Å². The van der Waals surface area contributed by atoms with Gasteiger partial charge in [0.1, 0.15) is 11.5 Å². The predicted molar refractivity (Wildman–Crippen MR) is 104 cm³/mol. The molecule has 0 saturated carbocycles. The van der Waals surface area contributed by atoms with Gasteiger partial charge in [-0.15, -0.1) is 0 Å². The van der Waals surface area contributed by atoms with Gasteiger partial charge in [0.05, 0.1) is 14.2 Å². The van der Waals surface area contributed by atoms with Crippen LogP contribution in [0.1, 0.15) is 11.1 Å². The Morgan fingerprint density at radius 2 is 1.74 bits per heavy atom. The van der Waals surface area contributed by atoms with Gasteiger partial charge in [-0.25, -0.2) is 9.79 Å². The Morgan fingerprint density at radius 3 is 2.52 bits per heavy atom. The average Bonchev–Trinajstić information content (AvgIpc) is 3.08. The number of hydrogen-bond acceptors (Lipinski definition) is 5. The van der Waals surface area contributed by atoms with E-state index in [2.05, 4.69) is 4.99 Å². The van der Waals surface area contributed by atoms with Crippen LogP contribution in [0.5, 0.6) is 11.5 Å². The summed E-state index contributed by atoms with van der Waals surface area (Å²) in [4.78, 5) is 16.7. The molecule has 0 unspecified atom stereocenters. The molecule has 0 saturated heterocycles. The second-order valence-electron chi connectivity index (χ2n) is 6.01. The van der Waals surface area contributed by atoms with Crippen molar-refractivity contribution in [3.05, 3.63) is 77.5 Å². The molecule has 4 rings (SSSR count). The highest BCUT2D eigenvalue weighted by atomic mass is 16.6. The van der Waals surface area contributed by atoms with Crippen LogP contribution in [0.3, 0.4) is 0 Å². The van der Waals surface area contributed by atoms with E-state index in [-0.39, 0.29) is 5.70 Å². The van der Waals surface area contributed by atoms with Crippen molar-refractivity contribution < 1.29 is 19.0 Å². The molecule has 5 heteroatoms. The number of aliphatic imine (C=N–C) groups is 1. The van der Waals surface area contributed by atoms with Gasteiger partial charge in [0.15, 0.2) is 5.70 Å². The van der Waals surface area contributed by atoms with Crippen LogP contribution in [0, 0.1) is 0 Å². The molecular weight excluding hydrogens is 342 g/mol. The maximum absolute atomic E-state index is 12.3. The molecule has 0 atom stereocenters. The molecule has 0 fully saturated rings. The fraction of sp³-hybridized carbons (Fsp3) is 0.0909. The largest absolute Gasteiger partial charge is 0.497 e. The highest BCUT2D eigenvalue weighted by Gasteiger charge is 2.24. The van der Waals surface area contributed by atoms with E-state index in [1.54, 1.807) is 38.5 Å². The van der Waals surface area contributed by atoms with E-state index in [0.29, 0.717) is 23.0 Å². The molecular formula is C22H17NO4. The SMILES string of the molecule is COc1ccc(OC)c(/C=C2/N=C(c3ccc4ccccc4c3)OC2=O)c1. The lowest BCUT2D eigenvalue weighted by atomic mass is 10.1. The number of nitrogens with zero attached hydrogens (tertiary/aromatic N) is 1. The van der Waals surface area contributed by atoms with E-state index in [4.69, 9.17) is 14.2 Å². The van der Waals surface area contributed by atoms with Crippen molar-refractivity contribution in [3.63, 3.8) is 0 Å². The lowest BCUT2D eigenvalue weighted by Gasteiger charge is -2.07. The summed E-state index contributed by atoms with van der Waals surface area (Å²) in [5.74, 6) is 1.07. The maximum atomic E-state index is 12.3. The van der Waals surface area contributed by atoms with Crippen molar-refractivity contribution in [2.75, 3.05) is 14.2 Å². The first-order chi connectivity index (χ1) is 13.2. The quantitative estimate of drug-likeness (QED) is 0.517. The Hall–Kier alpha value is -3.60. The number of benzene rings is 3. The third-order valence-electron chi connectivity index (χ3n) is 4.35. The molecule has 0 N–H and O–H groups in total. The van der Waals surface area contributed by atoms with E-state index in [9.17, 15) is 4.79 Å². The van der Waals surface area contributed by atoms with Gasteiger partial charge < -0.3 is 14.2 Å². The molecule has 0 radical (unpaired) electrons. The van der Waals surface area contributed by atoms with Crippen molar-refractivity contribution in [2.45, 2.75) is 0 Å². The minimum absolute atomic E-state index is 0.213. The molecule has 3 aromatic rings. The Bertz CT molecular complexity index is 1100. The second kappa shape index (κ2) is 6.96. The van der Waals surface area contributed by atoms with E-state index < -0.39 is 5.97 Å². The molecule has 0 aliphatic carbocycles. The summed E-state index contributed by atoms with van der Waals surface area (Å²) in [6.45, 7) is 0. The number of methoxy groups -OCH3 is 2. The number of ether oxygens (including phenoxy) is 3. The third-order valence-corrected chi connectivity index (χ3v) is 4.35. The summed E-state index contributed by atoms with van der Waals surface area (Å²) < 4.78 is 16.0. The van der Waals surface area contributed by atoms with E-state index >= 15 is 0 Å². The zero-order chi connectivity index (χ0) is 18.8. The molecule has 134 valence electrons. The summed E-state index contributed by atoms with van der Waals surface area (Å²) >= 11 is 0. The molecule has 0 spiro atoms. The number of fused-ring (bicyclic) bond motifs is 1. The monoisotopic (exact) mass is 359 g/mol. The normalized spacial score (nSPS) is 15.0. The molecule has 5 nitrogen and oxygen atoms in total. The Kier molecular flexibility index (Phi) is 4.34. The Morgan fingerprint density at radius 1 is 0.926 bits per heavy atom. The van der Waals surface area contributed by atoms with Gasteiger partial charge in [0.25, 0.3) is 0 Å². The molecule has 0 amide bonds. The van der Waals surface area contributed by atoms with Crippen LogP contribution in [0.2, 0.25) is 0 Å². The molecule has 1 heterocycles. The van der Waals surface area contributed by atoms with Gasteiger partial charge in [-0.05, 0) is 47.2 Å². The number of esters is 1. The summed E-state index contributed by atoms with van der Waals surface area (Å²) in [6, 6.07) is 19.2. The fourth-order valence-electron chi connectivity index (χ4n) is 2.95. The molecule has 0 bridgehead atoms. The average molecular weight is 359 g/mol. The van der Waals surface area contributed by atoms with Gasteiger partial charge in [-0.1, -0.05) is 30.3 Å². The topological polar surface area (TPSA) is 57.1 Å². The zero-order valence-electron chi connectivity index (χ0n) is 14.9. The van der Waals surface area contributed by atoms with Gasteiger partial charge in [-0.2, -0.15) is 0 Å². The molecule has 1 aliphatic rings. The molecule has 27 heavy (non-hydrogen) atoms. The minimum Gasteiger partial charge on any atom is -0.497 e. The van der Waals surface area contributed by atoms with E-state index in [1.165, 1.54) is 0 Å². The first-order valence-electron chi connectivity index (χ1n) is 8.42. The molecule has 3 aromatic carbocycles. The maximum Gasteiger partial charge on any atom is 0.363 e. The summed E-state index contributed by atoms with van der Waals surface area (Å²) in [5.41, 5.74) is 1.65. The van der Waals surface area contributed by atoms with Crippen molar-refractivity contribution in [1.82, 2.24) is 0 Å². The summed E-state index contributed by atoms with van der Waals surface area (Å²) in [6.07, 6.45) is 1.64. The van der Waals surface area contributed by atoms with Crippen LogP contribution in [-0.2, 0) is 9.53 Å². The Balaban J connectivity index is 1.73. The standard InChI is InChI=1S/C22H17NO4/c1-25-18-9-10-20(26-2)17(12-18)13-19-22(24)27-21(23-19)16-8-7-14-5-3-4-6-15(14)11-16/h3-13H,1-2H3/b19-13+. The Labute approximate surface area is 156 Å². The van der Waals surface area contributed by atoms with Gasteiger partial charge in [0, 0.05) is 11.1 Å². The van der Waals surface area contributed by atoms with Crippen molar-refractivity contribution >= 4 is 28.7 Å². The van der Waals surface area contributed by atoms with E-state index in [0.717, 1.165) is 16.3 Å². The van der Waals surface area contributed by atoms with E-state index in [1.807, 2.05) is 42.5 Å². The minimum atomic E-state index is -0.497. The number of rotatable bonds is 4. The summed E-state index contributed by atoms with van der Waals surface area (Å²) in [7, 11) is 3.15. The van der Waals surface area contributed by atoms with Crippen LogP contribution in [0.4, 0.5) is 0 Å². The van der Waals surface area contributed by atoms with Crippen molar-refractivity contribution in [2.24, 2.45) is 4.99 Å². The first kappa shape index (κ1) is 16.8. The lowest BCUT2D eigenvalue weighted by Crippen LogP contribution is -2.05. The van der Waals surface area contributed by atoms with Crippen LogP contribution in [0.25, 0.3) is 16.8 Å². The first-order valence-corrected chi connectivity index (χ1v) is 8.42. The molecule has 1 aliphatic heterocycles. The number of hydrogen-bond donors (Lipinski definition) is 0. The predicted octanol–water partition coefficient (Wildman–Crippen LogP) is 4.20. The highest BCUT2D eigenvalue weighted by Crippen LogP contribution is 2.28. The van der Waals surface area contributed by atoms with Crippen LogP contribution < -0.4 is 9.47 Å². The number of cyclic esters (lactones) is 1. The number of carbonyl (C=O) groups excluding carboxylic acids is 1. The van der Waals surface area contributed by atoms with Crippen molar-refractivity contribution in [1.29, 1.82) is 0 Å². The summed E-state index contributed by atoms with van der Waals surface area (Å²) in [5, 5.41) is 2.17. The van der Waals surface area contributed by atoms with Gasteiger partial charge in [-0.3, -0.25) is 0 Å². The van der Waals surface area contributed by atoms with Crippen LogP contribution >= 0.6 is 0 Å². The third kappa shape index (κ3) is 3.27. The van der Waals surface area contributed by atoms with Crippen molar-refractivity contribution in [3.8, 4) is 11.5 Å². The van der Waals surface area contributed by atoms with Gasteiger partial charge in [0.2, 0.25) is 5.90 Å². The van der Waals surface area contributed by atoms with Crippen LogP contribution in [0.15, 0.2) is 71.4 Å². The smallest absolute Gasteiger partial charge is 0.363 e. The van der Waals surface area contributed by atoms with Gasteiger partial charge >= 0.3 is 5.97 Å². The fourth-order valence-corrected chi connectivity index (χ4v) is 2.95. The lowest BCUT2D eigenvalue weighted by molar-refractivity contribution is -0.129. The zero-order valence-corrected chi connectivity index (χ0v) is 14.9. The highest BCUT2D eigenvalue weighted by molar-refractivity contribution is 6.13.